The summed E-state index contributed by atoms with van der Waals surface area (Å²) in [4.78, 5) is 11.1. The van der Waals surface area contributed by atoms with Crippen molar-refractivity contribution in [1.29, 1.82) is 0 Å². The van der Waals surface area contributed by atoms with E-state index in [1.165, 1.54) is 40.3 Å². The van der Waals surface area contributed by atoms with E-state index in [1.807, 2.05) is 0 Å². The van der Waals surface area contributed by atoms with Crippen molar-refractivity contribution in [2.24, 2.45) is 0 Å². The molecule has 1 aliphatic carbocycles. The number of aliphatic hydroxyl groups is 1. The molecule has 4 rings (SSSR count). The van der Waals surface area contributed by atoms with E-state index in [0.29, 0.717) is 18.3 Å². The normalized spacial score (nSPS) is 14.7. The maximum Gasteiger partial charge on any atom is 0.132 e. The van der Waals surface area contributed by atoms with Gasteiger partial charge in [-0.25, -0.2) is 0 Å². The van der Waals surface area contributed by atoms with Gasteiger partial charge in [0.1, 0.15) is 5.78 Å². The van der Waals surface area contributed by atoms with Crippen molar-refractivity contribution in [2.45, 2.75) is 63.9 Å². The molecular weight excluding hydrogens is 380 g/mol. The van der Waals surface area contributed by atoms with E-state index in [4.69, 9.17) is 0 Å². The second kappa shape index (κ2) is 9.62. The molecule has 0 aromatic heterocycles. The summed E-state index contributed by atoms with van der Waals surface area (Å²) in [6.45, 7) is 3.85. The van der Waals surface area contributed by atoms with Crippen molar-refractivity contribution in [3.8, 4) is 11.1 Å². The Morgan fingerprint density at radius 2 is 1.45 bits per heavy atom. The van der Waals surface area contributed by atoms with Crippen LogP contribution in [0.15, 0.2) is 72.8 Å². The van der Waals surface area contributed by atoms with Crippen LogP contribution in [0.25, 0.3) is 11.1 Å². The zero-order valence-corrected chi connectivity index (χ0v) is 18.6. The average Bonchev–Trinajstić information content (AvgIpc) is 3.10. The molecule has 0 aliphatic heterocycles. The molecule has 160 valence electrons. The Morgan fingerprint density at radius 1 is 0.871 bits per heavy atom. The lowest BCUT2D eigenvalue weighted by Crippen LogP contribution is -2.12. The summed E-state index contributed by atoms with van der Waals surface area (Å²) < 4.78 is 0. The number of hydrogen-bond donors (Lipinski definition) is 1. The number of fused-ring (bicyclic) bond motifs is 3. The molecule has 3 aromatic carbocycles. The molecule has 0 radical (unpaired) electrons. The van der Waals surface area contributed by atoms with Gasteiger partial charge in [-0.2, -0.15) is 0 Å². The SMILES string of the molecule is CC(=O)CC(O)CCc1ccc(C(C)CCC2c3ccccc3-c3ccccc32)cc1. The van der Waals surface area contributed by atoms with Gasteiger partial charge < -0.3 is 5.11 Å². The number of hydrogen-bond acceptors (Lipinski definition) is 2. The van der Waals surface area contributed by atoms with Gasteiger partial charge in [0.15, 0.2) is 0 Å². The first-order chi connectivity index (χ1) is 15.0. The number of carbonyl (C=O) groups excluding carboxylic acids is 1. The van der Waals surface area contributed by atoms with Gasteiger partial charge in [-0.05, 0) is 71.9 Å². The van der Waals surface area contributed by atoms with Crippen LogP contribution in [-0.2, 0) is 11.2 Å². The van der Waals surface area contributed by atoms with E-state index >= 15 is 0 Å². The quantitative estimate of drug-likeness (QED) is 0.427. The van der Waals surface area contributed by atoms with E-state index in [0.717, 1.165) is 19.3 Å². The van der Waals surface area contributed by atoms with Gasteiger partial charge in [0.25, 0.3) is 0 Å². The number of rotatable bonds is 9. The zero-order valence-electron chi connectivity index (χ0n) is 18.6. The summed E-state index contributed by atoms with van der Waals surface area (Å²) in [7, 11) is 0. The van der Waals surface area contributed by atoms with Crippen LogP contribution in [0.3, 0.4) is 0 Å². The molecule has 0 saturated heterocycles. The highest BCUT2D eigenvalue weighted by atomic mass is 16.3. The summed E-state index contributed by atoms with van der Waals surface area (Å²) in [5, 5.41) is 9.92. The lowest BCUT2D eigenvalue weighted by Gasteiger charge is -2.18. The minimum Gasteiger partial charge on any atom is -0.393 e. The Labute approximate surface area is 186 Å². The third-order valence-corrected chi connectivity index (χ3v) is 6.69. The Kier molecular flexibility index (Phi) is 6.67. The van der Waals surface area contributed by atoms with Crippen molar-refractivity contribution in [3.63, 3.8) is 0 Å². The third kappa shape index (κ3) is 4.97. The molecular formula is C29H32O2. The number of aliphatic hydroxyl groups excluding tert-OH is 1. The van der Waals surface area contributed by atoms with Crippen LogP contribution in [-0.4, -0.2) is 17.0 Å². The molecule has 0 amide bonds. The van der Waals surface area contributed by atoms with Gasteiger partial charge in [-0.1, -0.05) is 79.7 Å². The fourth-order valence-corrected chi connectivity index (χ4v) is 4.93. The first-order valence-corrected chi connectivity index (χ1v) is 11.5. The second-order valence-corrected chi connectivity index (χ2v) is 9.05. The monoisotopic (exact) mass is 412 g/mol. The maximum atomic E-state index is 11.1. The molecule has 0 bridgehead atoms. The molecule has 1 N–H and O–H groups in total. The summed E-state index contributed by atoms with van der Waals surface area (Å²) >= 11 is 0. The third-order valence-electron chi connectivity index (χ3n) is 6.69. The van der Waals surface area contributed by atoms with Gasteiger partial charge in [-0.3, -0.25) is 4.79 Å². The van der Waals surface area contributed by atoms with Gasteiger partial charge in [0.2, 0.25) is 0 Å². The molecule has 0 saturated carbocycles. The van der Waals surface area contributed by atoms with E-state index in [2.05, 4.69) is 79.7 Å². The van der Waals surface area contributed by atoms with Gasteiger partial charge in [0, 0.05) is 12.3 Å². The Bertz CT molecular complexity index is 989. The van der Waals surface area contributed by atoms with Crippen LogP contribution in [0.1, 0.15) is 73.6 Å². The first kappa shape index (κ1) is 21.5. The Morgan fingerprint density at radius 3 is 2.03 bits per heavy atom. The number of Topliss-reactive ketones (excluding diaryl/α,β-unsaturated/α-hetero) is 1. The molecule has 3 aromatic rings. The highest BCUT2D eigenvalue weighted by Gasteiger charge is 2.28. The second-order valence-electron chi connectivity index (χ2n) is 9.05. The van der Waals surface area contributed by atoms with Crippen LogP contribution in [0.4, 0.5) is 0 Å². The Hall–Kier alpha value is -2.71. The van der Waals surface area contributed by atoms with Gasteiger partial charge in [0.05, 0.1) is 6.10 Å². The Balaban J connectivity index is 1.37. The standard InChI is InChI=1S/C29H32O2/c1-20(23-15-12-22(13-16-23)14-17-24(31)19-21(2)30)11-18-29-27-9-5-3-7-25(27)26-8-4-6-10-28(26)29/h3-10,12-13,15-16,20,24,29,31H,11,14,17-19H2,1-2H3. The molecule has 2 unspecified atom stereocenters. The van der Waals surface area contributed by atoms with Crippen LogP contribution in [0, 0.1) is 0 Å². The smallest absolute Gasteiger partial charge is 0.132 e. The fourth-order valence-electron chi connectivity index (χ4n) is 4.93. The van der Waals surface area contributed by atoms with Crippen LogP contribution in [0.5, 0.6) is 0 Å². The zero-order chi connectivity index (χ0) is 21.8. The molecule has 0 spiro atoms. The lowest BCUT2D eigenvalue weighted by atomic mass is 9.86. The number of carbonyl (C=O) groups is 1. The molecule has 2 atom stereocenters. The van der Waals surface area contributed by atoms with Crippen molar-refractivity contribution in [3.05, 3.63) is 95.1 Å². The average molecular weight is 413 g/mol. The van der Waals surface area contributed by atoms with E-state index in [1.54, 1.807) is 0 Å². The number of ketones is 1. The number of aryl methyl sites for hydroxylation is 1. The van der Waals surface area contributed by atoms with Crippen molar-refractivity contribution >= 4 is 5.78 Å². The minimum atomic E-state index is -0.534. The van der Waals surface area contributed by atoms with Crippen molar-refractivity contribution in [2.75, 3.05) is 0 Å². The largest absolute Gasteiger partial charge is 0.393 e. The topological polar surface area (TPSA) is 37.3 Å². The van der Waals surface area contributed by atoms with E-state index in [-0.39, 0.29) is 12.2 Å². The van der Waals surface area contributed by atoms with Crippen LogP contribution >= 0.6 is 0 Å². The predicted octanol–water partition coefficient (Wildman–Crippen LogP) is 6.66. The molecule has 0 heterocycles. The minimum absolute atomic E-state index is 0.0455. The van der Waals surface area contributed by atoms with Crippen molar-refractivity contribution < 1.29 is 9.90 Å². The fraction of sp³-hybridized carbons (Fsp3) is 0.345. The van der Waals surface area contributed by atoms with Crippen molar-refractivity contribution in [1.82, 2.24) is 0 Å². The summed E-state index contributed by atoms with van der Waals surface area (Å²) in [5.41, 5.74) is 8.31. The van der Waals surface area contributed by atoms with Gasteiger partial charge >= 0.3 is 0 Å². The molecule has 1 aliphatic rings. The first-order valence-electron chi connectivity index (χ1n) is 11.5. The summed E-state index contributed by atoms with van der Waals surface area (Å²) in [5.74, 6) is 1.03. The number of benzene rings is 3. The highest BCUT2D eigenvalue weighted by molar-refractivity contribution is 5.78. The predicted molar refractivity (Wildman–Crippen MR) is 127 cm³/mol. The van der Waals surface area contributed by atoms with Crippen LogP contribution < -0.4 is 0 Å². The molecule has 2 heteroatoms. The van der Waals surface area contributed by atoms with Crippen LogP contribution in [0.2, 0.25) is 0 Å². The summed E-state index contributed by atoms with van der Waals surface area (Å²) in [6.07, 6.45) is 3.45. The lowest BCUT2D eigenvalue weighted by molar-refractivity contribution is -0.118. The van der Waals surface area contributed by atoms with Gasteiger partial charge in [-0.15, -0.1) is 0 Å². The molecule has 2 nitrogen and oxygen atoms in total. The highest BCUT2D eigenvalue weighted by Crippen LogP contribution is 2.47. The van der Waals surface area contributed by atoms with E-state index < -0.39 is 6.10 Å². The maximum absolute atomic E-state index is 11.1. The molecule has 31 heavy (non-hydrogen) atoms. The van der Waals surface area contributed by atoms with E-state index in [9.17, 15) is 9.90 Å². The summed E-state index contributed by atoms with van der Waals surface area (Å²) in [6, 6.07) is 26.5. The molecule has 0 fully saturated rings.